The van der Waals surface area contributed by atoms with Gasteiger partial charge in [-0.25, -0.2) is 0 Å². The van der Waals surface area contributed by atoms with E-state index in [0.717, 1.165) is 30.6 Å². The Kier molecular flexibility index (Phi) is 4.61. The second kappa shape index (κ2) is 6.06. The number of benzene rings is 1. The van der Waals surface area contributed by atoms with E-state index in [9.17, 15) is 9.90 Å². The molecular weight excluding hydrogens is 250 g/mol. The zero-order valence-corrected chi connectivity index (χ0v) is 12.9. The van der Waals surface area contributed by atoms with E-state index in [2.05, 4.69) is 17.9 Å². The number of hydrogen-bond acceptors (Lipinski definition) is 3. The van der Waals surface area contributed by atoms with E-state index in [1.165, 1.54) is 11.1 Å². The van der Waals surface area contributed by atoms with Crippen molar-refractivity contribution < 1.29 is 9.90 Å². The van der Waals surface area contributed by atoms with Crippen molar-refractivity contribution in [3.63, 3.8) is 0 Å². The molecule has 1 aromatic rings. The summed E-state index contributed by atoms with van der Waals surface area (Å²) >= 11 is 0. The summed E-state index contributed by atoms with van der Waals surface area (Å²) in [5, 5.41) is 9.62. The standard InChI is InChI=1S/C17H25NO2/c1-11-7-13(3)16(8-12(11)2)17(20)10-18-6-5-15(9-18)14(4)19/h7-8,14-15,19H,5-6,9-10H2,1-4H3. The molecule has 3 heteroatoms. The van der Waals surface area contributed by atoms with Gasteiger partial charge >= 0.3 is 0 Å². The molecule has 2 rings (SSSR count). The van der Waals surface area contributed by atoms with Gasteiger partial charge in [0.1, 0.15) is 0 Å². The Balaban J connectivity index is 2.04. The Labute approximate surface area is 121 Å². The third-order valence-electron chi connectivity index (χ3n) is 4.50. The highest BCUT2D eigenvalue weighted by Gasteiger charge is 2.27. The van der Waals surface area contributed by atoms with Gasteiger partial charge in [0.2, 0.25) is 0 Å². The van der Waals surface area contributed by atoms with Crippen LogP contribution in [-0.2, 0) is 0 Å². The molecule has 3 nitrogen and oxygen atoms in total. The highest BCUT2D eigenvalue weighted by Crippen LogP contribution is 2.21. The first-order valence-corrected chi connectivity index (χ1v) is 7.40. The van der Waals surface area contributed by atoms with Crippen molar-refractivity contribution in [1.82, 2.24) is 4.90 Å². The highest BCUT2D eigenvalue weighted by atomic mass is 16.3. The Morgan fingerprint density at radius 1 is 1.30 bits per heavy atom. The second-order valence-corrected chi connectivity index (χ2v) is 6.20. The van der Waals surface area contributed by atoms with Crippen LogP contribution in [0.5, 0.6) is 0 Å². The van der Waals surface area contributed by atoms with Crippen LogP contribution in [0, 0.1) is 26.7 Å². The van der Waals surface area contributed by atoms with Crippen LogP contribution in [0.4, 0.5) is 0 Å². The molecule has 0 spiro atoms. The van der Waals surface area contributed by atoms with Crippen LogP contribution in [0.25, 0.3) is 0 Å². The summed E-state index contributed by atoms with van der Waals surface area (Å²) in [7, 11) is 0. The minimum absolute atomic E-state index is 0.192. The van der Waals surface area contributed by atoms with Gasteiger partial charge in [0, 0.05) is 12.1 Å². The number of likely N-dealkylation sites (tertiary alicyclic amines) is 1. The highest BCUT2D eigenvalue weighted by molar-refractivity contribution is 5.99. The van der Waals surface area contributed by atoms with Gasteiger partial charge in [-0.2, -0.15) is 0 Å². The summed E-state index contributed by atoms with van der Waals surface area (Å²) in [6, 6.07) is 4.10. The number of Topliss-reactive ketones (excluding diaryl/α,β-unsaturated/α-hetero) is 1. The lowest BCUT2D eigenvalue weighted by atomic mass is 9.98. The van der Waals surface area contributed by atoms with Crippen LogP contribution in [-0.4, -0.2) is 41.5 Å². The minimum Gasteiger partial charge on any atom is -0.393 e. The molecule has 1 aliphatic heterocycles. The first-order chi connectivity index (χ1) is 9.38. The molecule has 110 valence electrons. The van der Waals surface area contributed by atoms with Gasteiger partial charge in [0.25, 0.3) is 0 Å². The van der Waals surface area contributed by atoms with Crippen LogP contribution >= 0.6 is 0 Å². The van der Waals surface area contributed by atoms with Crippen molar-refractivity contribution >= 4 is 5.78 Å². The number of aliphatic hydroxyl groups excluding tert-OH is 1. The van der Waals surface area contributed by atoms with E-state index < -0.39 is 0 Å². The fourth-order valence-electron chi connectivity index (χ4n) is 2.95. The number of rotatable bonds is 4. The van der Waals surface area contributed by atoms with Crippen LogP contribution in [0.1, 0.15) is 40.4 Å². The minimum atomic E-state index is -0.279. The molecule has 0 saturated carbocycles. The summed E-state index contributed by atoms with van der Waals surface area (Å²) in [6.45, 7) is 10.2. The summed E-state index contributed by atoms with van der Waals surface area (Å²) in [5.74, 6) is 0.500. The molecule has 0 amide bonds. The van der Waals surface area contributed by atoms with E-state index in [1.54, 1.807) is 0 Å². The van der Waals surface area contributed by atoms with Crippen LogP contribution in [0.15, 0.2) is 12.1 Å². The number of hydrogen-bond donors (Lipinski definition) is 1. The zero-order chi connectivity index (χ0) is 14.9. The SMILES string of the molecule is Cc1cc(C)c(C(=O)CN2CCC(C(C)O)C2)cc1C. The Hall–Kier alpha value is -1.19. The molecule has 0 aliphatic carbocycles. The van der Waals surface area contributed by atoms with Gasteiger partial charge in [-0.3, -0.25) is 9.69 Å². The van der Waals surface area contributed by atoms with Crippen molar-refractivity contribution in [2.24, 2.45) is 5.92 Å². The molecule has 1 heterocycles. The third kappa shape index (κ3) is 3.28. The van der Waals surface area contributed by atoms with E-state index in [0.29, 0.717) is 12.5 Å². The third-order valence-corrected chi connectivity index (χ3v) is 4.50. The van der Waals surface area contributed by atoms with Crippen LogP contribution in [0.2, 0.25) is 0 Å². The quantitative estimate of drug-likeness (QED) is 0.858. The Bertz CT molecular complexity index is 508. The van der Waals surface area contributed by atoms with Crippen molar-refractivity contribution in [3.8, 4) is 0 Å². The van der Waals surface area contributed by atoms with E-state index >= 15 is 0 Å². The molecule has 0 radical (unpaired) electrons. The smallest absolute Gasteiger partial charge is 0.177 e. The zero-order valence-electron chi connectivity index (χ0n) is 12.9. The van der Waals surface area contributed by atoms with E-state index in [1.807, 2.05) is 26.8 Å². The molecule has 1 aliphatic rings. The summed E-state index contributed by atoms with van der Waals surface area (Å²) < 4.78 is 0. The normalized spacial score (nSPS) is 21.1. The lowest BCUT2D eigenvalue weighted by Crippen LogP contribution is -2.29. The largest absolute Gasteiger partial charge is 0.393 e. The number of carbonyl (C=O) groups is 1. The Morgan fingerprint density at radius 2 is 1.95 bits per heavy atom. The fourth-order valence-corrected chi connectivity index (χ4v) is 2.95. The lowest BCUT2D eigenvalue weighted by Gasteiger charge is -2.17. The van der Waals surface area contributed by atoms with Crippen molar-refractivity contribution in [3.05, 3.63) is 34.4 Å². The summed E-state index contributed by atoms with van der Waals surface area (Å²) in [6.07, 6.45) is 0.704. The van der Waals surface area contributed by atoms with E-state index in [-0.39, 0.29) is 11.9 Å². The molecule has 1 aromatic carbocycles. The van der Waals surface area contributed by atoms with Crippen molar-refractivity contribution in [2.45, 2.75) is 40.2 Å². The monoisotopic (exact) mass is 275 g/mol. The molecular formula is C17H25NO2. The number of aryl methyl sites for hydroxylation is 3. The Morgan fingerprint density at radius 3 is 2.55 bits per heavy atom. The average molecular weight is 275 g/mol. The van der Waals surface area contributed by atoms with Gasteiger partial charge < -0.3 is 5.11 Å². The van der Waals surface area contributed by atoms with Gasteiger partial charge in [0.05, 0.1) is 12.6 Å². The second-order valence-electron chi connectivity index (χ2n) is 6.20. The average Bonchev–Trinajstić information content (AvgIpc) is 2.82. The predicted molar refractivity (Wildman–Crippen MR) is 81.2 cm³/mol. The maximum Gasteiger partial charge on any atom is 0.177 e. The maximum absolute atomic E-state index is 12.5. The topological polar surface area (TPSA) is 40.5 Å². The fraction of sp³-hybridized carbons (Fsp3) is 0.588. The molecule has 1 saturated heterocycles. The van der Waals surface area contributed by atoms with Gasteiger partial charge in [-0.05, 0) is 69.3 Å². The molecule has 2 atom stereocenters. The van der Waals surface area contributed by atoms with Crippen LogP contribution < -0.4 is 0 Å². The molecule has 0 bridgehead atoms. The first kappa shape index (κ1) is 15.2. The number of nitrogens with zero attached hydrogens (tertiary/aromatic N) is 1. The predicted octanol–water partition coefficient (Wildman–Crippen LogP) is 2.50. The summed E-state index contributed by atoms with van der Waals surface area (Å²) in [4.78, 5) is 14.6. The molecule has 1 N–H and O–H groups in total. The van der Waals surface area contributed by atoms with Gasteiger partial charge in [-0.15, -0.1) is 0 Å². The first-order valence-electron chi connectivity index (χ1n) is 7.40. The van der Waals surface area contributed by atoms with Crippen molar-refractivity contribution in [2.75, 3.05) is 19.6 Å². The molecule has 20 heavy (non-hydrogen) atoms. The van der Waals surface area contributed by atoms with Crippen LogP contribution in [0.3, 0.4) is 0 Å². The lowest BCUT2D eigenvalue weighted by molar-refractivity contribution is 0.0925. The van der Waals surface area contributed by atoms with Crippen molar-refractivity contribution in [1.29, 1.82) is 0 Å². The maximum atomic E-state index is 12.5. The molecule has 1 fully saturated rings. The number of aliphatic hydroxyl groups is 1. The number of ketones is 1. The molecule has 2 unspecified atom stereocenters. The van der Waals surface area contributed by atoms with Gasteiger partial charge in [-0.1, -0.05) is 6.07 Å². The van der Waals surface area contributed by atoms with E-state index in [4.69, 9.17) is 0 Å². The number of carbonyl (C=O) groups excluding carboxylic acids is 1. The van der Waals surface area contributed by atoms with Gasteiger partial charge in [0.15, 0.2) is 5.78 Å². The molecule has 0 aromatic heterocycles. The summed E-state index contributed by atoms with van der Waals surface area (Å²) in [5.41, 5.74) is 4.30.